The topological polar surface area (TPSA) is 49.4 Å². The fourth-order valence-corrected chi connectivity index (χ4v) is 7.96. The summed E-state index contributed by atoms with van der Waals surface area (Å²) in [5.41, 5.74) is 7.32. The number of hydrogen-bond acceptors (Lipinski definition) is 6. The molecule has 2 aliphatic heterocycles. The third kappa shape index (κ3) is 7.83. The zero-order valence-corrected chi connectivity index (χ0v) is 29.9. The standard InChI is InChI=1S/C40H49NO5.C2H6/c1-6-10-28(2)34-16-13-30-23-33(45-26-29-11-8-7-9-12-29)15-18-35(30)38(34)36-17-14-32(24-37(36)42-3)41-21-19-40(20-22-41)25-31(27-46-40)39(43-4)44-5;1-2/h6-12,14-15,17-18,23-24,31,34,38-39H,2,13,16,19-22,25-27H2,1,3-5H3;1-2H3/b10-6-;. The molecule has 1 spiro atoms. The van der Waals surface area contributed by atoms with Crippen molar-refractivity contribution < 1.29 is 23.7 Å². The summed E-state index contributed by atoms with van der Waals surface area (Å²) in [6.07, 6.45) is 9.03. The van der Waals surface area contributed by atoms with Gasteiger partial charge in [0.05, 0.1) is 19.3 Å². The summed E-state index contributed by atoms with van der Waals surface area (Å²) in [6, 6.07) is 23.8. The van der Waals surface area contributed by atoms with Crippen LogP contribution in [-0.2, 0) is 27.2 Å². The van der Waals surface area contributed by atoms with Gasteiger partial charge in [-0.05, 0) is 79.8 Å². The predicted molar refractivity (Wildman–Crippen MR) is 195 cm³/mol. The number of allylic oxidation sites excluding steroid dienone is 3. The Hall–Kier alpha value is -3.58. The van der Waals surface area contributed by atoms with Crippen molar-refractivity contribution in [2.24, 2.45) is 11.8 Å². The third-order valence-corrected chi connectivity index (χ3v) is 10.4. The van der Waals surface area contributed by atoms with Gasteiger partial charge in [-0.25, -0.2) is 0 Å². The molecule has 0 N–H and O–H groups in total. The van der Waals surface area contributed by atoms with Gasteiger partial charge in [0.2, 0.25) is 0 Å². The summed E-state index contributed by atoms with van der Waals surface area (Å²) in [5, 5.41) is 0. The molecule has 0 amide bonds. The molecule has 6 heteroatoms. The van der Waals surface area contributed by atoms with E-state index in [4.69, 9.17) is 23.7 Å². The summed E-state index contributed by atoms with van der Waals surface area (Å²) in [6.45, 7) is 13.7. The molecular formula is C42H55NO5. The minimum atomic E-state index is -0.208. The van der Waals surface area contributed by atoms with Crippen LogP contribution in [0.2, 0.25) is 0 Å². The molecule has 6 rings (SSSR count). The van der Waals surface area contributed by atoms with Gasteiger partial charge in [0.15, 0.2) is 6.29 Å². The molecule has 1 aliphatic carbocycles. The zero-order valence-electron chi connectivity index (χ0n) is 29.9. The number of rotatable bonds is 11. The van der Waals surface area contributed by atoms with Crippen molar-refractivity contribution in [3.63, 3.8) is 0 Å². The summed E-state index contributed by atoms with van der Waals surface area (Å²) in [4.78, 5) is 2.47. The van der Waals surface area contributed by atoms with Crippen molar-refractivity contribution in [1.82, 2.24) is 0 Å². The number of nitrogens with zero attached hydrogens (tertiary/aromatic N) is 1. The lowest BCUT2D eigenvalue weighted by atomic mass is 9.69. The maximum absolute atomic E-state index is 6.41. The molecule has 2 saturated heterocycles. The molecule has 3 aromatic carbocycles. The average Bonchev–Trinajstić information content (AvgIpc) is 3.54. The molecule has 6 nitrogen and oxygen atoms in total. The van der Waals surface area contributed by atoms with Crippen LogP contribution in [0.1, 0.15) is 74.6 Å². The van der Waals surface area contributed by atoms with Crippen LogP contribution in [0.15, 0.2) is 91.0 Å². The second-order valence-electron chi connectivity index (χ2n) is 13.0. The van der Waals surface area contributed by atoms with Crippen LogP contribution in [0.25, 0.3) is 0 Å². The fraction of sp³-hybridized carbons (Fsp3) is 0.476. The van der Waals surface area contributed by atoms with Gasteiger partial charge < -0.3 is 28.6 Å². The Morgan fingerprint density at radius 3 is 2.40 bits per heavy atom. The van der Waals surface area contributed by atoms with E-state index >= 15 is 0 Å². The molecule has 258 valence electrons. The van der Waals surface area contributed by atoms with E-state index in [0.717, 1.165) is 62.3 Å². The Balaban J connectivity index is 0.00000221. The lowest BCUT2D eigenvalue weighted by Crippen LogP contribution is -2.44. The Labute approximate surface area is 288 Å². The molecule has 0 aromatic heterocycles. The van der Waals surface area contributed by atoms with Gasteiger partial charge in [0.1, 0.15) is 18.1 Å². The van der Waals surface area contributed by atoms with Gasteiger partial charge in [-0.2, -0.15) is 0 Å². The van der Waals surface area contributed by atoms with E-state index in [1.54, 1.807) is 21.3 Å². The number of fused-ring (bicyclic) bond motifs is 1. The number of aryl methyl sites for hydroxylation is 1. The van der Waals surface area contributed by atoms with Crippen LogP contribution in [0.4, 0.5) is 5.69 Å². The molecule has 3 aromatic rings. The van der Waals surface area contributed by atoms with E-state index in [1.165, 1.54) is 27.9 Å². The number of piperidine rings is 1. The molecule has 0 saturated carbocycles. The SMILES string of the molecule is C=C(/C=C\C)C1CCc2cc(OCc3ccccc3)ccc2C1c1ccc(N2CCC3(CC2)CC(C(OC)OC)CO3)cc1OC.CC. The van der Waals surface area contributed by atoms with Crippen LogP contribution < -0.4 is 14.4 Å². The number of ether oxygens (including phenoxy) is 5. The second kappa shape index (κ2) is 16.7. The highest BCUT2D eigenvalue weighted by Gasteiger charge is 2.45. The van der Waals surface area contributed by atoms with Gasteiger partial charge >= 0.3 is 0 Å². The summed E-state index contributed by atoms with van der Waals surface area (Å²) in [7, 11) is 5.21. The summed E-state index contributed by atoms with van der Waals surface area (Å²) < 4.78 is 29.9. The van der Waals surface area contributed by atoms with Gasteiger partial charge in [0, 0.05) is 56.5 Å². The van der Waals surface area contributed by atoms with Crippen LogP contribution in [0.3, 0.4) is 0 Å². The Morgan fingerprint density at radius 1 is 0.979 bits per heavy atom. The van der Waals surface area contributed by atoms with Crippen molar-refractivity contribution >= 4 is 5.69 Å². The molecule has 2 heterocycles. The van der Waals surface area contributed by atoms with Gasteiger partial charge in [0.25, 0.3) is 0 Å². The molecule has 48 heavy (non-hydrogen) atoms. The number of methoxy groups -OCH3 is 3. The van der Waals surface area contributed by atoms with E-state index in [9.17, 15) is 0 Å². The molecule has 3 atom stereocenters. The van der Waals surface area contributed by atoms with Gasteiger partial charge in [-0.1, -0.05) is 80.6 Å². The van der Waals surface area contributed by atoms with Crippen molar-refractivity contribution in [3.05, 3.63) is 113 Å². The third-order valence-electron chi connectivity index (χ3n) is 10.4. The minimum absolute atomic E-state index is 0.0870. The maximum Gasteiger partial charge on any atom is 0.161 e. The first-order valence-electron chi connectivity index (χ1n) is 17.7. The molecule has 3 aliphatic rings. The molecule has 0 radical (unpaired) electrons. The highest BCUT2D eigenvalue weighted by atomic mass is 16.7. The summed E-state index contributed by atoms with van der Waals surface area (Å²) >= 11 is 0. The highest BCUT2D eigenvalue weighted by Crippen LogP contribution is 2.49. The molecule has 3 unspecified atom stereocenters. The van der Waals surface area contributed by atoms with Crippen molar-refractivity contribution in [2.45, 2.75) is 77.3 Å². The number of benzene rings is 3. The first kappa shape index (κ1) is 35.7. The first-order valence-corrected chi connectivity index (χ1v) is 17.7. The highest BCUT2D eigenvalue weighted by molar-refractivity contribution is 5.58. The lowest BCUT2D eigenvalue weighted by molar-refractivity contribution is -0.136. The molecule has 2 fully saturated rings. The Kier molecular flexibility index (Phi) is 12.4. The van der Waals surface area contributed by atoms with E-state index in [2.05, 4.69) is 79.1 Å². The lowest BCUT2D eigenvalue weighted by Gasteiger charge is -2.40. The Morgan fingerprint density at radius 2 is 1.71 bits per heavy atom. The number of anilines is 1. The monoisotopic (exact) mass is 653 g/mol. The van der Waals surface area contributed by atoms with E-state index in [0.29, 0.717) is 13.2 Å². The van der Waals surface area contributed by atoms with E-state index in [1.807, 2.05) is 32.0 Å². The van der Waals surface area contributed by atoms with Crippen LogP contribution in [0.5, 0.6) is 11.5 Å². The second-order valence-corrected chi connectivity index (χ2v) is 13.0. The van der Waals surface area contributed by atoms with E-state index in [-0.39, 0.29) is 29.6 Å². The number of hydrogen-bond donors (Lipinski definition) is 0. The Bertz CT molecular complexity index is 1510. The van der Waals surface area contributed by atoms with Crippen LogP contribution >= 0.6 is 0 Å². The quantitative estimate of drug-likeness (QED) is 0.152. The average molecular weight is 654 g/mol. The first-order chi connectivity index (χ1) is 23.5. The normalized spacial score (nSPS) is 21.6. The molecular weight excluding hydrogens is 598 g/mol. The van der Waals surface area contributed by atoms with Gasteiger partial charge in [-0.15, -0.1) is 0 Å². The molecule has 0 bridgehead atoms. The fourth-order valence-electron chi connectivity index (χ4n) is 7.96. The van der Waals surface area contributed by atoms with Crippen molar-refractivity contribution in [3.8, 4) is 11.5 Å². The largest absolute Gasteiger partial charge is 0.496 e. The van der Waals surface area contributed by atoms with Crippen LogP contribution in [-0.4, -0.2) is 52.9 Å². The predicted octanol–water partition coefficient (Wildman–Crippen LogP) is 9.12. The maximum atomic E-state index is 6.41. The van der Waals surface area contributed by atoms with Crippen molar-refractivity contribution in [1.29, 1.82) is 0 Å². The van der Waals surface area contributed by atoms with Gasteiger partial charge in [-0.3, -0.25) is 0 Å². The zero-order chi connectivity index (χ0) is 34.1. The van der Waals surface area contributed by atoms with Crippen LogP contribution in [0, 0.1) is 11.8 Å². The van der Waals surface area contributed by atoms with Crippen molar-refractivity contribution in [2.75, 3.05) is 45.9 Å². The minimum Gasteiger partial charge on any atom is -0.496 e. The summed E-state index contributed by atoms with van der Waals surface area (Å²) in [5.74, 6) is 2.54. The smallest absolute Gasteiger partial charge is 0.161 e. The van der Waals surface area contributed by atoms with E-state index < -0.39 is 0 Å².